The van der Waals surface area contributed by atoms with Crippen molar-refractivity contribution in [2.24, 2.45) is 0 Å². The van der Waals surface area contributed by atoms with Gasteiger partial charge in [0.2, 0.25) is 0 Å². The van der Waals surface area contributed by atoms with Crippen molar-refractivity contribution in [3.05, 3.63) is 40.8 Å². The summed E-state index contributed by atoms with van der Waals surface area (Å²) in [4.78, 5) is 3.92. The van der Waals surface area contributed by atoms with E-state index >= 15 is 0 Å². The summed E-state index contributed by atoms with van der Waals surface area (Å²) in [6.45, 7) is 0. The molecule has 1 aromatic heterocycles. The van der Waals surface area contributed by atoms with E-state index in [0.29, 0.717) is 15.9 Å². The molecule has 1 heterocycles. The number of hydrogen-bond acceptors (Lipinski definition) is 2. The Hall–Kier alpha value is -1.66. The Labute approximate surface area is 84.6 Å². The molecular formula is C10H4ClFN2. The molecule has 0 N–H and O–H groups in total. The molecular weight excluding hydrogens is 203 g/mol. The summed E-state index contributed by atoms with van der Waals surface area (Å²) < 4.78 is 13.2. The summed E-state index contributed by atoms with van der Waals surface area (Å²) in [5, 5.41) is 9.28. The lowest BCUT2D eigenvalue weighted by atomic mass is 10.2. The predicted octanol–water partition coefficient (Wildman–Crippen LogP) is 2.90. The number of rotatable bonds is 0. The summed E-state index contributed by atoms with van der Waals surface area (Å²) in [5.74, 6) is -0.388. The third kappa shape index (κ3) is 1.30. The van der Waals surface area contributed by atoms with E-state index in [-0.39, 0.29) is 11.5 Å². The Bertz CT molecular complexity index is 546. The minimum absolute atomic E-state index is 0.227. The van der Waals surface area contributed by atoms with Crippen molar-refractivity contribution in [3.8, 4) is 6.07 Å². The second-order valence-electron chi connectivity index (χ2n) is 2.73. The minimum Gasteiger partial charge on any atom is -0.235 e. The first-order valence-electron chi connectivity index (χ1n) is 3.87. The third-order valence-corrected chi connectivity index (χ3v) is 2.17. The second kappa shape index (κ2) is 3.24. The molecule has 0 unspecified atom stereocenters. The normalized spacial score (nSPS) is 10.1. The molecule has 0 aliphatic rings. The molecule has 2 aromatic rings. The van der Waals surface area contributed by atoms with Gasteiger partial charge in [-0.25, -0.2) is 9.37 Å². The van der Waals surface area contributed by atoms with Gasteiger partial charge in [-0.3, -0.25) is 0 Å². The van der Waals surface area contributed by atoms with Crippen molar-refractivity contribution in [1.29, 1.82) is 5.26 Å². The van der Waals surface area contributed by atoms with Crippen LogP contribution in [0.3, 0.4) is 0 Å². The van der Waals surface area contributed by atoms with Gasteiger partial charge in [-0.15, -0.1) is 0 Å². The van der Waals surface area contributed by atoms with E-state index in [0.717, 1.165) is 0 Å². The number of hydrogen-bond donors (Lipinski definition) is 0. The van der Waals surface area contributed by atoms with Crippen molar-refractivity contribution < 1.29 is 4.39 Å². The lowest BCUT2D eigenvalue weighted by Gasteiger charge is -2.00. The molecule has 0 saturated carbocycles. The van der Waals surface area contributed by atoms with Crippen LogP contribution in [0.2, 0.25) is 5.02 Å². The summed E-state index contributed by atoms with van der Waals surface area (Å²) in [6.07, 6.45) is 0. The number of nitrogens with zero attached hydrogens (tertiary/aromatic N) is 2. The molecule has 1 aromatic carbocycles. The average Bonchev–Trinajstić information content (AvgIpc) is 2.23. The number of halogens is 2. The van der Waals surface area contributed by atoms with Gasteiger partial charge >= 0.3 is 0 Å². The summed E-state index contributed by atoms with van der Waals surface area (Å²) in [7, 11) is 0. The van der Waals surface area contributed by atoms with Gasteiger partial charge in [0, 0.05) is 5.39 Å². The van der Waals surface area contributed by atoms with Crippen LogP contribution in [0.15, 0.2) is 24.3 Å². The quantitative estimate of drug-likeness (QED) is 0.665. The van der Waals surface area contributed by atoms with Gasteiger partial charge in [0.05, 0.1) is 10.5 Å². The molecule has 14 heavy (non-hydrogen) atoms. The van der Waals surface area contributed by atoms with Crippen molar-refractivity contribution in [2.45, 2.75) is 0 Å². The number of aromatic nitrogens is 1. The zero-order valence-corrected chi connectivity index (χ0v) is 7.72. The molecule has 0 amide bonds. The highest BCUT2D eigenvalue weighted by molar-refractivity contribution is 6.35. The zero-order chi connectivity index (χ0) is 10.1. The molecule has 0 saturated heterocycles. The van der Waals surface area contributed by atoms with E-state index in [1.165, 1.54) is 24.3 Å². The van der Waals surface area contributed by atoms with E-state index in [1.807, 2.05) is 6.07 Å². The van der Waals surface area contributed by atoms with Gasteiger partial charge in [-0.1, -0.05) is 11.6 Å². The molecule has 2 nitrogen and oxygen atoms in total. The minimum atomic E-state index is -0.388. The van der Waals surface area contributed by atoms with Gasteiger partial charge in [0.1, 0.15) is 17.6 Å². The first-order chi connectivity index (χ1) is 6.72. The molecule has 68 valence electrons. The van der Waals surface area contributed by atoms with E-state index < -0.39 is 0 Å². The van der Waals surface area contributed by atoms with Crippen LogP contribution in [-0.4, -0.2) is 4.98 Å². The van der Waals surface area contributed by atoms with E-state index in [2.05, 4.69) is 4.98 Å². The van der Waals surface area contributed by atoms with Gasteiger partial charge in [-0.2, -0.15) is 5.26 Å². The van der Waals surface area contributed by atoms with Crippen LogP contribution in [0.4, 0.5) is 4.39 Å². The molecule has 0 spiro atoms. The molecule has 0 aliphatic heterocycles. The van der Waals surface area contributed by atoms with Crippen LogP contribution in [0.25, 0.3) is 10.9 Å². The van der Waals surface area contributed by atoms with Crippen LogP contribution in [0, 0.1) is 17.1 Å². The topological polar surface area (TPSA) is 36.7 Å². The fraction of sp³-hybridized carbons (Fsp3) is 0. The van der Waals surface area contributed by atoms with Crippen molar-refractivity contribution in [2.75, 3.05) is 0 Å². The molecule has 0 fully saturated rings. The molecule has 2 rings (SSSR count). The zero-order valence-electron chi connectivity index (χ0n) is 6.96. The number of fused-ring (bicyclic) bond motifs is 1. The number of benzene rings is 1. The predicted molar refractivity (Wildman–Crippen MR) is 51.4 cm³/mol. The van der Waals surface area contributed by atoms with Crippen LogP contribution < -0.4 is 0 Å². The number of nitriles is 1. The van der Waals surface area contributed by atoms with Gasteiger partial charge in [0.15, 0.2) is 0 Å². The van der Waals surface area contributed by atoms with Gasteiger partial charge in [-0.05, 0) is 24.3 Å². The summed E-state index contributed by atoms with van der Waals surface area (Å²) in [6, 6.07) is 7.54. The Balaban J connectivity index is 2.89. The Morgan fingerprint density at radius 2 is 2.07 bits per heavy atom. The Morgan fingerprint density at radius 1 is 1.29 bits per heavy atom. The number of pyridine rings is 1. The SMILES string of the molecule is N#Cc1ccc2c(F)ccc(Cl)c2n1. The monoisotopic (exact) mass is 206 g/mol. The summed E-state index contributed by atoms with van der Waals surface area (Å²) in [5.41, 5.74) is 0.552. The third-order valence-electron chi connectivity index (χ3n) is 1.87. The van der Waals surface area contributed by atoms with Crippen molar-refractivity contribution >= 4 is 22.5 Å². The molecule has 4 heteroatoms. The first-order valence-corrected chi connectivity index (χ1v) is 4.25. The standard InChI is InChI=1S/C10H4ClFN2/c11-8-3-4-9(12)7-2-1-6(5-13)14-10(7)8/h1-4H. The van der Waals surface area contributed by atoms with Crippen LogP contribution in [0.1, 0.15) is 5.69 Å². The first kappa shape index (κ1) is 8.92. The van der Waals surface area contributed by atoms with Crippen LogP contribution in [-0.2, 0) is 0 Å². The molecule has 0 radical (unpaired) electrons. The smallest absolute Gasteiger partial charge is 0.141 e. The lowest BCUT2D eigenvalue weighted by molar-refractivity contribution is 0.639. The fourth-order valence-electron chi connectivity index (χ4n) is 1.21. The van der Waals surface area contributed by atoms with E-state index in [1.54, 1.807) is 0 Å². The molecule has 0 aliphatic carbocycles. The highest BCUT2D eigenvalue weighted by Crippen LogP contribution is 2.23. The molecule has 0 atom stereocenters. The van der Waals surface area contributed by atoms with E-state index in [9.17, 15) is 4.39 Å². The highest BCUT2D eigenvalue weighted by atomic mass is 35.5. The van der Waals surface area contributed by atoms with Crippen molar-refractivity contribution in [1.82, 2.24) is 4.98 Å². The fourth-order valence-corrected chi connectivity index (χ4v) is 1.42. The Kier molecular flexibility index (Phi) is 2.06. The van der Waals surface area contributed by atoms with E-state index in [4.69, 9.17) is 16.9 Å². The lowest BCUT2D eigenvalue weighted by Crippen LogP contribution is -1.87. The maximum Gasteiger partial charge on any atom is 0.141 e. The average molecular weight is 207 g/mol. The van der Waals surface area contributed by atoms with Crippen LogP contribution >= 0.6 is 11.6 Å². The Morgan fingerprint density at radius 3 is 2.79 bits per heavy atom. The van der Waals surface area contributed by atoms with Gasteiger partial charge in [0.25, 0.3) is 0 Å². The second-order valence-corrected chi connectivity index (χ2v) is 3.14. The largest absolute Gasteiger partial charge is 0.235 e. The van der Waals surface area contributed by atoms with Crippen LogP contribution in [0.5, 0.6) is 0 Å². The summed E-state index contributed by atoms with van der Waals surface area (Å²) >= 11 is 5.82. The maximum atomic E-state index is 13.2. The van der Waals surface area contributed by atoms with Gasteiger partial charge < -0.3 is 0 Å². The maximum absolute atomic E-state index is 13.2. The van der Waals surface area contributed by atoms with Crippen molar-refractivity contribution in [3.63, 3.8) is 0 Å². The highest BCUT2D eigenvalue weighted by Gasteiger charge is 2.06. The molecule has 0 bridgehead atoms.